The number of thiophene rings is 1. The first-order chi connectivity index (χ1) is 16.0. The SMILES string of the molecule is COC(=O)C[C@H]1SC2=C(C(=O)NCc3ccccc3)[C@@H](c3cccs3)C(C#N)=C(N)N2C1=O. The van der Waals surface area contributed by atoms with Gasteiger partial charge < -0.3 is 15.8 Å². The molecule has 0 spiro atoms. The molecule has 2 aromatic rings. The number of nitrogens with zero attached hydrogens (tertiary/aromatic N) is 2. The lowest BCUT2D eigenvalue weighted by Crippen LogP contribution is -2.40. The van der Waals surface area contributed by atoms with E-state index in [-0.39, 0.29) is 29.9 Å². The van der Waals surface area contributed by atoms with E-state index in [9.17, 15) is 19.6 Å². The molecule has 3 N–H and O–H groups in total. The number of methoxy groups -OCH3 is 1. The fourth-order valence-electron chi connectivity index (χ4n) is 3.76. The van der Waals surface area contributed by atoms with Crippen LogP contribution in [0.4, 0.5) is 0 Å². The molecule has 1 aromatic heterocycles. The van der Waals surface area contributed by atoms with Gasteiger partial charge in [-0.3, -0.25) is 19.3 Å². The third-order valence-corrected chi connectivity index (χ3v) is 7.56. The molecule has 2 amide bonds. The summed E-state index contributed by atoms with van der Waals surface area (Å²) < 4.78 is 4.71. The van der Waals surface area contributed by atoms with Crippen molar-refractivity contribution in [2.75, 3.05) is 7.11 Å². The fourth-order valence-corrected chi connectivity index (χ4v) is 5.93. The number of nitrogens with one attached hydrogen (secondary N) is 1. The van der Waals surface area contributed by atoms with Crippen LogP contribution in [0.3, 0.4) is 0 Å². The number of nitriles is 1. The minimum Gasteiger partial charge on any atom is -0.469 e. The lowest BCUT2D eigenvalue weighted by molar-refractivity contribution is -0.142. The van der Waals surface area contributed by atoms with Gasteiger partial charge in [0.25, 0.3) is 5.91 Å². The van der Waals surface area contributed by atoms with Crippen LogP contribution >= 0.6 is 23.1 Å². The second-order valence-corrected chi connectivity index (χ2v) is 9.48. The number of esters is 1. The molecule has 168 valence electrons. The number of hydrogen-bond acceptors (Lipinski definition) is 8. The highest BCUT2D eigenvalue weighted by Gasteiger charge is 2.48. The third-order valence-electron chi connectivity index (χ3n) is 5.35. The minimum atomic E-state index is -0.801. The van der Waals surface area contributed by atoms with Gasteiger partial charge in [-0.25, -0.2) is 0 Å². The molecule has 1 fully saturated rings. The van der Waals surface area contributed by atoms with Crippen molar-refractivity contribution in [2.24, 2.45) is 5.73 Å². The summed E-state index contributed by atoms with van der Waals surface area (Å²) in [6, 6.07) is 15.2. The number of benzene rings is 1. The molecule has 0 saturated carbocycles. The van der Waals surface area contributed by atoms with E-state index in [1.165, 1.54) is 23.3 Å². The summed E-state index contributed by atoms with van der Waals surface area (Å²) in [5.41, 5.74) is 7.59. The molecule has 2 aliphatic rings. The van der Waals surface area contributed by atoms with Crippen LogP contribution in [0.25, 0.3) is 0 Å². The molecule has 3 heterocycles. The van der Waals surface area contributed by atoms with E-state index in [4.69, 9.17) is 10.5 Å². The maximum absolute atomic E-state index is 13.5. The van der Waals surface area contributed by atoms with Gasteiger partial charge in [0.15, 0.2) is 0 Å². The first-order valence-electron chi connectivity index (χ1n) is 10.0. The molecular formula is C23H20N4O4S2. The van der Waals surface area contributed by atoms with E-state index in [0.717, 1.165) is 22.2 Å². The first kappa shape index (κ1) is 22.6. The van der Waals surface area contributed by atoms with Crippen LogP contribution in [-0.4, -0.2) is 35.0 Å². The lowest BCUT2D eigenvalue weighted by atomic mass is 9.87. The van der Waals surface area contributed by atoms with Crippen LogP contribution in [0.1, 0.15) is 22.8 Å². The Morgan fingerprint density at radius 3 is 2.64 bits per heavy atom. The Bertz CT molecular complexity index is 1200. The van der Waals surface area contributed by atoms with Crippen molar-refractivity contribution in [3.05, 3.63) is 80.3 Å². The van der Waals surface area contributed by atoms with Gasteiger partial charge in [0.1, 0.15) is 11.1 Å². The molecular weight excluding hydrogens is 460 g/mol. The number of thioether (sulfide) groups is 1. The second-order valence-electron chi connectivity index (χ2n) is 7.31. The quantitative estimate of drug-likeness (QED) is 0.609. The molecule has 33 heavy (non-hydrogen) atoms. The number of rotatable bonds is 6. The molecule has 2 atom stereocenters. The Hall–Kier alpha value is -3.55. The average Bonchev–Trinajstić information content (AvgIpc) is 3.46. The van der Waals surface area contributed by atoms with Crippen LogP contribution in [0, 0.1) is 11.3 Å². The molecule has 0 radical (unpaired) electrons. The van der Waals surface area contributed by atoms with Gasteiger partial charge in [-0.15, -0.1) is 11.3 Å². The van der Waals surface area contributed by atoms with Crippen LogP contribution < -0.4 is 11.1 Å². The summed E-state index contributed by atoms with van der Waals surface area (Å²) in [5, 5.41) is 14.2. The van der Waals surface area contributed by atoms with Gasteiger partial charge in [-0.05, 0) is 17.0 Å². The molecule has 0 unspecified atom stereocenters. The van der Waals surface area contributed by atoms with E-state index in [2.05, 4.69) is 11.4 Å². The Morgan fingerprint density at radius 2 is 2.00 bits per heavy atom. The van der Waals surface area contributed by atoms with Gasteiger partial charge in [-0.1, -0.05) is 48.2 Å². The van der Waals surface area contributed by atoms with Crippen molar-refractivity contribution in [1.82, 2.24) is 10.2 Å². The smallest absolute Gasteiger partial charge is 0.307 e. The summed E-state index contributed by atoms with van der Waals surface area (Å²) in [5.74, 6) is -2.14. The first-order valence-corrected chi connectivity index (χ1v) is 11.8. The predicted molar refractivity (Wildman–Crippen MR) is 124 cm³/mol. The third kappa shape index (κ3) is 4.25. The van der Waals surface area contributed by atoms with Crippen molar-refractivity contribution in [1.29, 1.82) is 5.26 Å². The highest BCUT2D eigenvalue weighted by Crippen LogP contribution is 2.50. The summed E-state index contributed by atoms with van der Waals surface area (Å²) >= 11 is 2.49. The molecule has 1 saturated heterocycles. The van der Waals surface area contributed by atoms with E-state index in [1.807, 2.05) is 47.8 Å². The largest absolute Gasteiger partial charge is 0.469 e. The maximum atomic E-state index is 13.5. The maximum Gasteiger partial charge on any atom is 0.307 e. The van der Waals surface area contributed by atoms with E-state index >= 15 is 0 Å². The van der Waals surface area contributed by atoms with Gasteiger partial charge in [0, 0.05) is 11.4 Å². The molecule has 4 rings (SSSR count). The Kier molecular flexibility index (Phi) is 6.53. The molecule has 0 bridgehead atoms. The number of nitrogens with two attached hydrogens (primary N) is 1. The molecule has 2 aliphatic heterocycles. The summed E-state index contributed by atoms with van der Waals surface area (Å²) in [6.07, 6.45) is -0.169. The average molecular weight is 481 g/mol. The van der Waals surface area contributed by atoms with Crippen molar-refractivity contribution >= 4 is 40.9 Å². The molecule has 0 aliphatic carbocycles. The fraction of sp³-hybridized carbons (Fsp3) is 0.217. The van der Waals surface area contributed by atoms with Crippen molar-refractivity contribution in [3.63, 3.8) is 0 Å². The lowest BCUT2D eigenvalue weighted by Gasteiger charge is -2.31. The van der Waals surface area contributed by atoms with Crippen molar-refractivity contribution < 1.29 is 19.1 Å². The van der Waals surface area contributed by atoms with E-state index in [0.29, 0.717) is 5.03 Å². The summed E-state index contributed by atoms with van der Waals surface area (Å²) in [7, 11) is 1.25. The van der Waals surface area contributed by atoms with Gasteiger partial charge in [-0.2, -0.15) is 5.26 Å². The zero-order chi connectivity index (χ0) is 23.5. The van der Waals surface area contributed by atoms with Crippen LogP contribution in [-0.2, 0) is 25.7 Å². The van der Waals surface area contributed by atoms with Crippen LogP contribution in [0.2, 0.25) is 0 Å². The number of hydrogen-bond donors (Lipinski definition) is 2. The van der Waals surface area contributed by atoms with Crippen LogP contribution in [0.5, 0.6) is 0 Å². The monoisotopic (exact) mass is 480 g/mol. The zero-order valence-electron chi connectivity index (χ0n) is 17.6. The predicted octanol–water partition coefficient (Wildman–Crippen LogP) is 2.57. The minimum absolute atomic E-state index is 0.0182. The molecule has 1 aromatic carbocycles. The topological polar surface area (TPSA) is 126 Å². The Labute approximate surface area is 198 Å². The highest BCUT2D eigenvalue weighted by atomic mass is 32.2. The number of allylic oxidation sites excluding steroid dienone is 1. The van der Waals surface area contributed by atoms with Gasteiger partial charge >= 0.3 is 5.97 Å². The van der Waals surface area contributed by atoms with E-state index < -0.39 is 29.0 Å². The normalized spacial score (nSPS) is 19.9. The number of carbonyl (C=O) groups is 3. The van der Waals surface area contributed by atoms with Gasteiger partial charge in [0.2, 0.25) is 5.91 Å². The number of fused-ring (bicyclic) bond motifs is 1. The summed E-state index contributed by atoms with van der Waals surface area (Å²) in [6.45, 7) is 0.277. The standard InChI is InChI=1S/C23H20N4O4S2/c1-31-17(28)10-16-22(30)27-20(25)14(11-24)18(15-8-5-9-32-15)19(23(27)33-16)21(29)26-12-13-6-3-2-4-7-13/h2-9,16,18H,10,12,25H2,1H3,(H,26,29)/t16-,18-/m1/s1. The van der Waals surface area contributed by atoms with Crippen molar-refractivity contribution in [3.8, 4) is 6.07 Å². The highest BCUT2D eigenvalue weighted by molar-refractivity contribution is 8.04. The molecule has 10 heteroatoms. The Balaban J connectivity index is 1.78. The molecule has 8 nitrogen and oxygen atoms in total. The number of carbonyl (C=O) groups excluding carboxylic acids is 3. The van der Waals surface area contributed by atoms with Crippen LogP contribution in [0.15, 0.2) is 69.8 Å². The zero-order valence-corrected chi connectivity index (χ0v) is 19.2. The van der Waals surface area contributed by atoms with Gasteiger partial charge in [0.05, 0.1) is 41.7 Å². The summed E-state index contributed by atoms with van der Waals surface area (Å²) in [4.78, 5) is 40.4. The van der Waals surface area contributed by atoms with Crippen molar-refractivity contribution in [2.45, 2.75) is 24.1 Å². The van der Waals surface area contributed by atoms with E-state index in [1.54, 1.807) is 0 Å². The Morgan fingerprint density at radius 1 is 1.24 bits per heavy atom. The number of amides is 2. The number of ether oxygens (including phenoxy) is 1. The second kappa shape index (κ2) is 9.52.